The van der Waals surface area contributed by atoms with Gasteiger partial charge in [0.2, 0.25) is 0 Å². The summed E-state index contributed by atoms with van der Waals surface area (Å²) < 4.78 is 1.49. The van der Waals surface area contributed by atoms with Gasteiger partial charge in [-0.15, -0.1) is 11.3 Å². The van der Waals surface area contributed by atoms with Gasteiger partial charge in [-0.2, -0.15) is 0 Å². The van der Waals surface area contributed by atoms with E-state index in [0.29, 0.717) is 10.2 Å². The number of hydrogen-bond donors (Lipinski definition) is 1. The first-order chi connectivity index (χ1) is 12.2. The Kier molecular flexibility index (Phi) is 4.17. The topological polar surface area (TPSA) is 55.1 Å². The van der Waals surface area contributed by atoms with Crippen molar-refractivity contribution in [2.75, 3.05) is 0 Å². The lowest BCUT2D eigenvalue weighted by atomic mass is 10.1. The highest BCUT2D eigenvalue weighted by Gasteiger charge is 2.15. The van der Waals surface area contributed by atoms with Crippen LogP contribution >= 0.6 is 11.3 Å². The second kappa shape index (κ2) is 6.63. The summed E-state index contributed by atoms with van der Waals surface area (Å²) in [6.45, 7) is 0.176. The lowest BCUT2D eigenvalue weighted by molar-refractivity contribution is 0.155. The number of nitrogens with zero attached hydrogens (tertiary/aromatic N) is 2. The first kappa shape index (κ1) is 15.7. The normalized spacial score (nSPS) is 12.4. The van der Waals surface area contributed by atoms with E-state index in [0.717, 1.165) is 16.7 Å². The van der Waals surface area contributed by atoms with Gasteiger partial charge in [0, 0.05) is 10.9 Å². The van der Waals surface area contributed by atoms with E-state index in [9.17, 15) is 9.90 Å². The van der Waals surface area contributed by atoms with E-state index in [1.165, 1.54) is 22.2 Å². The van der Waals surface area contributed by atoms with E-state index in [2.05, 4.69) is 4.98 Å². The monoisotopic (exact) mass is 348 g/mol. The molecule has 2 aromatic carbocycles. The van der Waals surface area contributed by atoms with Crippen LogP contribution in [0.1, 0.15) is 11.7 Å². The predicted octanol–water partition coefficient (Wildman–Crippen LogP) is 3.86. The summed E-state index contributed by atoms with van der Waals surface area (Å²) in [5, 5.41) is 13.0. The Bertz CT molecular complexity index is 1060. The number of benzene rings is 2. The Hall–Kier alpha value is -2.76. The van der Waals surface area contributed by atoms with Gasteiger partial charge in [-0.1, -0.05) is 60.7 Å². The molecule has 5 heteroatoms. The van der Waals surface area contributed by atoms with Crippen LogP contribution in [0, 0.1) is 0 Å². The maximum atomic E-state index is 13.0. The Morgan fingerprint density at radius 2 is 1.72 bits per heavy atom. The molecule has 0 saturated carbocycles. The largest absolute Gasteiger partial charge is 0.387 e. The third-order valence-electron chi connectivity index (χ3n) is 4.20. The molecule has 4 nitrogen and oxygen atoms in total. The molecule has 124 valence electrons. The van der Waals surface area contributed by atoms with Gasteiger partial charge in [0.05, 0.1) is 24.4 Å². The van der Waals surface area contributed by atoms with Crippen molar-refractivity contribution in [3.8, 4) is 11.1 Å². The molecular weight excluding hydrogens is 332 g/mol. The van der Waals surface area contributed by atoms with Crippen LogP contribution in [0.3, 0.4) is 0 Å². The number of thiophene rings is 1. The van der Waals surface area contributed by atoms with Crippen molar-refractivity contribution in [3.63, 3.8) is 0 Å². The summed E-state index contributed by atoms with van der Waals surface area (Å²) in [5.41, 5.74) is 2.54. The highest BCUT2D eigenvalue weighted by molar-refractivity contribution is 7.17. The van der Waals surface area contributed by atoms with Gasteiger partial charge in [0.15, 0.2) is 0 Å². The van der Waals surface area contributed by atoms with Crippen molar-refractivity contribution < 1.29 is 5.11 Å². The molecule has 1 N–H and O–H groups in total. The predicted molar refractivity (Wildman–Crippen MR) is 101 cm³/mol. The molecule has 0 amide bonds. The minimum Gasteiger partial charge on any atom is -0.387 e. The van der Waals surface area contributed by atoms with Crippen molar-refractivity contribution in [3.05, 3.63) is 88.3 Å². The van der Waals surface area contributed by atoms with E-state index in [1.54, 1.807) is 0 Å². The summed E-state index contributed by atoms with van der Waals surface area (Å²) in [4.78, 5) is 18.1. The van der Waals surface area contributed by atoms with Crippen molar-refractivity contribution >= 4 is 21.6 Å². The highest BCUT2D eigenvalue weighted by Crippen LogP contribution is 2.30. The molecule has 0 fully saturated rings. The van der Waals surface area contributed by atoms with E-state index in [4.69, 9.17) is 0 Å². The molecule has 0 aliphatic heterocycles. The minimum absolute atomic E-state index is 0.125. The van der Waals surface area contributed by atoms with Crippen molar-refractivity contribution in [2.24, 2.45) is 0 Å². The molecule has 2 aromatic heterocycles. The molecule has 0 bridgehead atoms. The van der Waals surface area contributed by atoms with Crippen LogP contribution in [0.5, 0.6) is 0 Å². The van der Waals surface area contributed by atoms with Gasteiger partial charge in [-0.05, 0) is 11.1 Å². The number of hydrogen-bond acceptors (Lipinski definition) is 4. The van der Waals surface area contributed by atoms with Crippen LogP contribution < -0.4 is 5.56 Å². The van der Waals surface area contributed by atoms with E-state index in [1.807, 2.05) is 66.0 Å². The molecule has 0 aliphatic rings. The molecule has 0 spiro atoms. The fraction of sp³-hybridized carbons (Fsp3) is 0.100. The zero-order valence-corrected chi connectivity index (χ0v) is 14.2. The van der Waals surface area contributed by atoms with Crippen LogP contribution in [0.4, 0.5) is 0 Å². The Labute approximate surface area is 148 Å². The summed E-state index contributed by atoms with van der Waals surface area (Å²) in [7, 11) is 0. The van der Waals surface area contributed by atoms with Crippen LogP contribution in [0.2, 0.25) is 0 Å². The molecule has 0 unspecified atom stereocenters. The van der Waals surface area contributed by atoms with Gasteiger partial charge >= 0.3 is 0 Å². The van der Waals surface area contributed by atoms with Gasteiger partial charge in [0.1, 0.15) is 4.83 Å². The summed E-state index contributed by atoms with van der Waals surface area (Å²) in [6, 6.07) is 19.2. The lowest BCUT2D eigenvalue weighted by Crippen LogP contribution is -2.23. The van der Waals surface area contributed by atoms with Gasteiger partial charge in [0.25, 0.3) is 5.56 Å². The second-order valence-electron chi connectivity index (χ2n) is 5.82. The number of aliphatic hydroxyl groups is 1. The van der Waals surface area contributed by atoms with Crippen LogP contribution in [0.15, 0.2) is 77.2 Å². The quantitative estimate of drug-likeness (QED) is 0.609. The minimum atomic E-state index is -0.753. The average molecular weight is 348 g/mol. The van der Waals surface area contributed by atoms with Crippen molar-refractivity contribution in [1.82, 2.24) is 9.55 Å². The average Bonchev–Trinajstić information content (AvgIpc) is 3.10. The lowest BCUT2D eigenvalue weighted by Gasteiger charge is -2.13. The molecular formula is C20H16N2O2S. The standard InChI is InChI=1S/C20H16N2O2S/c23-17(15-9-5-2-6-10-15)11-22-13-21-19-18(20(22)24)16(12-25-19)14-7-3-1-4-8-14/h1-10,12-13,17,23H,11H2/t17-/m0/s1. The summed E-state index contributed by atoms with van der Waals surface area (Å²) in [6.07, 6.45) is 0.763. The smallest absolute Gasteiger partial charge is 0.262 e. The number of aromatic nitrogens is 2. The second-order valence-corrected chi connectivity index (χ2v) is 6.68. The third-order valence-corrected chi connectivity index (χ3v) is 5.09. The molecule has 1 atom stereocenters. The fourth-order valence-corrected chi connectivity index (χ4v) is 3.80. The fourth-order valence-electron chi connectivity index (χ4n) is 2.89. The van der Waals surface area contributed by atoms with E-state index in [-0.39, 0.29) is 12.1 Å². The van der Waals surface area contributed by atoms with E-state index < -0.39 is 6.10 Å². The molecule has 4 aromatic rings. The highest BCUT2D eigenvalue weighted by atomic mass is 32.1. The number of aliphatic hydroxyl groups excluding tert-OH is 1. The summed E-state index contributed by atoms with van der Waals surface area (Å²) >= 11 is 1.46. The van der Waals surface area contributed by atoms with Crippen LogP contribution in [-0.4, -0.2) is 14.7 Å². The first-order valence-electron chi connectivity index (χ1n) is 7.99. The SMILES string of the molecule is O=c1c2c(-c3ccccc3)csc2ncn1C[C@H](O)c1ccccc1. The number of fused-ring (bicyclic) bond motifs is 1. The maximum absolute atomic E-state index is 13.0. The van der Waals surface area contributed by atoms with Crippen molar-refractivity contribution in [1.29, 1.82) is 0 Å². The van der Waals surface area contributed by atoms with Crippen LogP contribution in [-0.2, 0) is 6.54 Å². The Morgan fingerprint density at radius 1 is 1.04 bits per heavy atom. The first-order valence-corrected chi connectivity index (χ1v) is 8.87. The number of rotatable bonds is 4. The summed E-state index contributed by atoms with van der Waals surface area (Å²) in [5.74, 6) is 0. The molecule has 0 saturated heterocycles. The molecule has 25 heavy (non-hydrogen) atoms. The molecule has 4 rings (SSSR count). The maximum Gasteiger partial charge on any atom is 0.262 e. The van der Waals surface area contributed by atoms with Gasteiger partial charge < -0.3 is 5.11 Å². The van der Waals surface area contributed by atoms with Crippen LogP contribution in [0.25, 0.3) is 21.3 Å². The molecule has 0 radical (unpaired) electrons. The van der Waals surface area contributed by atoms with Gasteiger partial charge in [-0.25, -0.2) is 4.98 Å². The van der Waals surface area contributed by atoms with E-state index >= 15 is 0 Å². The molecule has 0 aliphatic carbocycles. The third kappa shape index (κ3) is 2.99. The zero-order chi connectivity index (χ0) is 17.2. The van der Waals surface area contributed by atoms with Gasteiger partial charge in [-0.3, -0.25) is 9.36 Å². The molecule has 2 heterocycles. The zero-order valence-electron chi connectivity index (χ0n) is 13.4. The van der Waals surface area contributed by atoms with Crippen molar-refractivity contribution in [2.45, 2.75) is 12.6 Å². The Morgan fingerprint density at radius 3 is 2.44 bits per heavy atom. The Balaban J connectivity index is 1.76.